The van der Waals surface area contributed by atoms with E-state index in [2.05, 4.69) is 10.2 Å². The van der Waals surface area contributed by atoms with Crippen molar-refractivity contribution < 1.29 is 13.9 Å². The molecular formula is C14H18N2O3S. The number of methoxy groups -OCH3 is 2. The Balaban J connectivity index is 1.93. The van der Waals surface area contributed by atoms with Gasteiger partial charge in [0.05, 0.1) is 5.75 Å². The molecule has 0 bridgehead atoms. The number of aryl methyl sites for hydroxylation is 1. The Morgan fingerprint density at radius 2 is 1.75 bits per heavy atom. The highest BCUT2D eigenvalue weighted by molar-refractivity contribution is 7.98. The summed E-state index contributed by atoms with van der Waals surface area (Å²) >= 11 is 1.66. The third-order valence-electron chi connectivity index (χ3n) is 2.75. The molecule has 2 rings (SSSR count). The summed E-state index contributed by atoms with van der Waals surface area (Å²) in [4.78, 5) is 1.14. The smallest absolute Gasteiger partial charge is 0.226 e. The van der Waals surface area contributed by atoms with Crippen LogP contribution in [0.1, 0.15) is 30.6 Å². The minimum atomic E-state index is -0.322. The van der Waals surface area contributed by atoms with Crippen LogP contribution in [0, 0.1) is 0 Å². The molecular weight excluding hydrogens is 276 g/mol. The van der Waals surface area contributed by atoms with Crippen LogP contribution in [0.25, 0.3) is 0 Å². The number of rotatable bonds is 7. The molecule has 0 atom stereocenters. The zero-order valence-electron chi connectivity index (χ0n) is 11.8. The normalized spacial score (nSPS) is 11.2. The largest absolute Gasteiger partial charge is 0.424 e. The molecule has 0 fully saturated rings. The molecule has 0 spiro atoms. The Morgan fingerprint density at radius 3 is 2.30 bits per heavy atom. The Hall–Kier alpha value is -1.37. The summed E-state index contributed by atoms with van der Waals surface area (Å²) < 4.78 is 15.9. The van der Waals surface area contributed by atoms with E-state index in [1.54, 1.807) is 26.0 Å². The summed E-state index contributed by atoms with van der Waals surface area (Å²) in [5, 5.41) is 7.94. The summed E-state index contributed by atoms with van der Waals surface area (Å²) in [6.07, 6.45) is 0.444. The average molecular weight is 294 g/mol. The van der Waals surface area contributed by atoms with Gasteiger partial charge in [0.1, 0.15) is 0 Å². The van der Waals surface area contributed by atoms with Crippen molar-refractivity contribution in [3.05, 3.63) is 41.6 Å². The highest BCUT2D eigenvalue weighted by atomic mass is 32.2. The molecule has 0 aliphatic heterocycles. The molecule has 5 nitrogen and oxygen atoms in total. The van der Waals surface area contributed by atoms with Gasteiger partial charge in [-0.2, -0.15) is 0 Å². The van der Waals surface area contributed by atoms with Gasteiger partial charge in [-0.15, -0.1) is 22.0 Å². The quantitative estimate of drug-likeness (QED) is 0.577. The molecule has 6 heteroatoms. The second-order valence-corrected chi connectivity index (χ2v) is 5.15. The maximum atomic E-state index is 5.47. The van der Waals surface area contributed by atoms with E-state index in [1.807, 2.05) is 31.2 Å². The van der Waals surface area contributed by atoms with Crippen molar-refractivity contribution in [3.63, 3.8) is 0 Å². The van der Waals surface area contributed by atoms with E-state index < -0.39 is 0 Å². The second kappa shape index (κ2) is 7.42. The third kappa shape index (κ3) is 3.82. The van der Waals surface area contributed by atoms with Crippen LogP contribution in [0.2, 0.25) is 0 Å². The minimum Gasteiger partial charge on any atom is -0.424 e. The first-order valence-corrected chi connectivity index (χ1v) is 7.35. The van der Waals surface area contributed by atoms with Crippen molar-refractivity contribution in [1.82, 2.24) is 10.2 Å². The van der Waals surface area contributed by atoms with Crippen LogP contribution in [0.15, 0.2) is 33.6 Å². The van der Waals surface area contributed by atoms with E-state index in [1.165, 1.54) is 0 Å². The van der Waals surface area contributed by atoms with Crippen LogP contribution in [-0.4, -0.2) is 24.4 Å². The second-order valence-electron chi connectivity index (χ2n) is 4.10. The molecule has 1 aromatic heterocycles. The number of thioether (sulfide) groups is 1. The van der Waals surface area contributed by atoms with Gasteiger partial charge in [0.2, 0.25) is 11.8 Å². The molecule has 108 valence electrons. The van der Waals surface area contributed by atoms with Crippen molar-refractivity contribution in [1.29, 1.82) is 0 Å². The van der Waals surface area contributed by atoms with E-state index in [0.29, 0.717) is 17.5 Å². The van der Waals surface area contributed by atoms with Gasteiger partial charge in [-0.05, 0) is 12.1 Å². The lowest BCUT2D eigenvalue weighted by Crippen LogP contribution is -2.02. The lowest BCUT2D eigenvalue weighted by Gasteiger charge is -2.13. The average Bonchev–Trinajstić information content (AvgIpc) is 2.96. The van der Waals surface area contributed by atoms with Gasteiger partial charge in [0, 0.05) is 31.1 Å². The van der Waals surface area contributed by atoms with Crippen molar-refractivity contribution in [2.75, 3.05) is 14.2 Å². The van der Waals surface area contributed by atoms with Crippen LogP contribution < -0.4 is 0 Å². The van der Waals surface area contributed by atoms with Gasteiger partial charge < -0.3 is 13.9 Å². The Labute approximate surface area is 122 Å². The van der Waals surface area contributed by atoms with E-state index >= 15 is 0 Å². The minimum absolute atomic E-state index is 0.322. The van der Waals surface area contributed by atoms with E-state index in [0.717, 1.165) is 16.9 Å². The predicted octanol–water partition coefficient (Wildman–Crippen LogP) is 3.22. The van der Waals surface area contributed by atoms with E-state index in [-0.39, 0.29) is 6.29 Å². The van der Waals surface area contributed by atoms with Crippen molar-refractivity contribution in [3.8, 4) is 0 Å². The molecule has 0 saturated carbocycles. The Kier molecular flexibility index (Phi) is 5.58. The topological polar surface area (TPSA) is 57.4 Å². The summed E-state index contributed by atoms with van der Waals surface area (Å²) in [5.74, 6) is 2.01. The molecule has 2 aromatic rings. The van der Waals surface area contributed by atoms with Gasteiger partial charge in [-0.3, -0.25) is 0 Å². The van der Waals surface area contributed by atoms with Gasteiger partial charge in [0.15, 0.2) is 6.29 Å². The highest BCUT2D eigenvalue weighted by Gasteiger charge is 2.09. The van der Waals surface area contributed by atoms with E-state index in [4.69, 9.17) is 13.9 Å². The first-order valence-electron chi connectivity index (χ1n) is 6.36. The maximum absolute atomic E-state index is 5.47. The zero-order valence-corrected chi connectivity index (χ0v) is 12.6. The first kappa shape index (κ1) is 15.0. The molecule has 0 amide bonds. The lowest BCUT2D eigenvalue weighted by molar-refractivity contribution is -0.106. The number of aromatic nitrogens is 2. The fraction of sp³-hybridized carbons (Fsp3) is 0.429. The molecule has 20 heavy (non-hydrogen) atoms. The molecule has 1 heterocycles. The number of hydrogen-bond acceptors (Lipinski definition) is 6. The fourth-order valence-electron chi connectivity index (χ4n) is 1.72. The number of ether oxygens (including phenoxy) is 2. The van der Waals surface area contributed by atoms with Gasteiger partial charge in [0.25, 0.3) is 0 Å². The standard InChI is InChI=1S/C14H18N2O3S/c1-4-12-15-16-13(19-12)9-20-11-7-5-10(6-8-11)14(17-2)18-3/h5-8,14H,4,9H2,1-3H3. The Bertz CT molecular complexity index is 523. The monoisotopic (exact) mass is 294 g/mol. The number of nitrogens with zero attached hydrogens (tertiary/aromatic N) is 2. The van der Waals surface area contributed by atoms with Crippen LogP contribution in [0.5, 0.6) is 0 Å². The van der Waals surface area contributed by atoms with Crippen LogP contribution in [-0.2, 0) is 21.6 Å². The molecule has 0 unspecified atom stereocenters. The highest BCUT2D eigenvalue weighted by Crippen LogP contribution is 2.25. The summed E-state index contributed by atoms with van der Waals surface area (Å²) in [6.45, 7) is 1.99. The molecule has 0 N–H and O–H groups in total. The number of benzene rings is 1. The van der Waals surface area contributed by atoms with Crippen molar-refractivity contribution in [2.45, 2.75) is 30.3 Å². The van der Waals surface area contributed by atoms with Crippen molar-refractivity contribution >= 4 is 11.8 Å². The third-order valence-corrected chi connectivity index (χ3v) is 3.75. The molecule has 0 radical (unpaired) electrons. The molecule has 0 aliphatic rings. The van der Waals surface area contributed by atoms with E-state index in [9.17, 15) is 0 Å². The maximum Gasteiger partial charge on any atom is 0.226 e. The summed E-state index contributed by atoms with van der Waals surface area (Å²) in [6, 6.07) is 8.04. The molecule has 1 aromatic carbocycles. The van der Waals surface area contributed by atoms with Crippen LogP contribution >= 0.6 is 11.8 Å². The number of hydrogen-bond donors (Lipinski definition) is 0. The molecule has 0 saturated heterocycles. The SMILES string of the molecule is CCc1nnc(CSc2ccc(C(OC)OC)cc2)o1. The Morgan fingerprint density at radius 1 is 1.10 bits per heavy atom. The first-order chi connectivity index (χ1) is 9.76. The summed E-state index contributed by atoms with van der Waals surface area (Å²) in [5.41, 5.74) is 0.991. The summed E-state index contributed by atoms with van der Waals surface area (Å²) in [7, 11) is 3.25. The van der Waals surface area contributed by atoms with Crippen LogP contribution in [0.3, 0.4) is 0 Å². The zero-order chi connectivity index (χ0) is 14.4. The lowest BCUT2D eigenvalue weighted by atomic mass is 10.2. The van der Waals surface area contributed by atoms with Crippen molar-refractivity contribution in [2.24, 2.45) is 0 Å². The molecule has 0 aliphatic carbocycles. The van der Waals surface area contributed by atoms with Gasteiger partial charge >= 0.3 is 0 Å². The van der Waals surface area contributed by atoms with Gasteiger partial charge in [-0.25, -0.2) is 0 Å². The fourth-order valence-corrected chi connectivity index (χ4v) is 2.46. The van der Waals surface area contributed by atoms with Gasteiger partial charge in [-0.1, -0.05) is 19.1 Å². The predicted molar refractivity (Wildman–Crippen MR) is 76.4 cm³/mol. The van der Waals surface area contributed by atoms with Crippen LogP contribution in [0.4, 0.5) is 0 Å².